The van der Waals surface area contributed by atoms with Crippen molar-refractivity contribution in [2.45, 2.75) is 0 Å². The van der Waals surface area contributed by atoms with Crippen LogP contribution in [0.1, 0.15) is 0 Å². The van der Waals surface area contributed by atoms with Crippen molar-refractivity contribution in [3.8, 4) is 44.5 Å². The maximum atomic E-state index is 6.42. The zero-order valence-corrected chi connectivity index (χ0v) is 34.2. The van der Waals surface area contributed by atoms with Gasteiger partial charge in [-0.2, -0.15) is 0 Å². The van der Waals surface area contributed by atoms with Gasteiger partial charge in [-0.3, -0.25) is 0 Å². The Morgan fingerprint density at radius 1 is 0.283 bits per heavy atom. The molecule has 60 heavy (non-hydrogen) atoms. The Bertz CT molecular complexity index is 3770. The standard InChI is InChI=1S/C58H34OSe/c1-2-16-35(17-3-1)53-37-18-4-6-20-39(37)54(40-21-7-5-19-38(40)53)36-32-33-52-49(34-36)45-27-14-29-48(58(45)60-52)56-43-24-10-8-22-41(43)55(42-23-9-11-25-44(42)56)47-28-15-31-51-57(47)46-26-12-13-30-50(46)59-51/h1-34H. The molecule has 0 aliphatic rings. The van der Waals surface area contributed by atoms with Gasteiger partial charge in [-0.15, -0.1) is 0 Å². The van der Waals surface area contributed by atoms with Gasteiger partial charge in [-0.05, 0) is 0 Å². The fraction of sp³-hybridized carbons (Fsp3) is 0. The Hall–Kier alpha value is -7.22. The number of fused-ring (bicyclic) bond motifs is 10. The van der Waals surface area contributed by atoms with E-state index >= 15 is 0 Å². The summed E-state index contributed by atoms with van der Waals surface area (Å²) in [5.74, 6) is 0. The molecule has 0 unspecified atom stereocenters. The number of furan rings is 1. The van der Waals surface area contributed by atoms with Crippen LogP contribution in [0.4, 0.5) is 0 Å². The van der Waals surface area contributed by atoms with Gasteiger partial charge >= 0.3 is 354 Å². The van der Waals surface area contributed by atoms with Crippen LogP contribution in [-0.2, 0) is 0 Å². The molecule has 1 nitrogen and oxygen atoms in total. The molecule has 2 heterocycles. The molecule has 0 N–H and O–H groups in total. The molecule has 0 spiro atoms. The van der Waals surface area contributed by atoms with Gasteiger partial charge in [0.05, 0.1) is 0 Å². The van der Waals surface area contributed by atoms with E-state index < -0.39 is 0 Å². The van der Waals surface area contributed by atoms with Gasteiger partial charge in [0.2, 0.25) is 0 Å². The summed E-state index contributed by atoms with van der Waals surface area (Å²) >= 11 is 0.128. The molecule has 278 valence electrons. The molecule has 11 aromatic carbocycles. The maximum absolute atomic E-state index is 6.42. The molecule has 13 aromatic rings. The fourth-order valence-electron chi connectivity index (χ4n) is 10.2. The van der Waals surface area contributed by atoms with Crippen LogP contribution in [0.5, 0.6) is 0 Å². The van der Waals surface area contributed by atoms with Gasteiger partial charge in [-0.1, -0.05) is 0 Å². The normalized spacial score (nSPS) is 12.0. The molecule has 2 heteroatoms. The van der Waals surface area contributed by atoms with E-state index in [1.54, 1.807) is 0 Å². The summed E-state index contributed by atoms with van der Waals surface area (Å²) < 4.78 is 9.31. The van der Waals surface area contributed by atoms with Crippen molar-refractivity contribution >= 4 is 98.8 Å². The van der Waals surface area contributed by atoms with Crippen LogP contribution in [-0.4, -0.2) is 14.5 Å². The molecule has 13 rings (SSSR count). The summed E-state index contributed by atoms with van der Waals surface area (Å²) in [7, 11) is 0. The average molecular weight is 826 g/mol. The molecule has 0 aliphatic heterocycles. The molecule has 0 saturated carbocycles. The Kier molecular flexibility index (Phi) is 7.39. The van der Waals surface area contributed by atoms with Gasteiger partial charge in [-0.25, -0.2) is 0 Å². The van der Waals surface area contributed by atoms with E-state index in [0.717, 1.165) is 16.6 Å². The van der Waals surface area contributed by atoms with E-state index in [0.29, 0.717) is 0 Å². The summed E-state index contributed by atoms with van der Waals surface area (Å²) in [6, 6.07) is 76.1. The van der Waals surface area contributed by atoms with E-state index in [9.17, 15) is 0 Å². The van der Waals surface area contributed by atoms with Gasteiger partial charge < -0.3 is 0 Å². The van der Waals surface area contributed by atoms with Crippen molar-refractivity contribution in [2.24, 2.45) is 0 Å². The first-order chi connectivity index (χ1) is 29.8. The van der Waals surface area contributed by atoms with E-state index in [4.69, 9.17) is 4.42 Å². The van der Waals surface area contributed by atoms with Gasteiger partial charge in [0, 0.05) is 0 Å². The SMILES string of the molecule is c1ccc(-c2c3ccccc3c(-c3ccc4[se]c5c(-c6c7ccccc7c(-c7cccc8oc9ccccc9c78)c7ccccc67)cccc5c4c3)c3ccccc23)cc1. The Labute approximate surface area is 352 Å². The zero-order valence-electron chi connectivity index (χ0n) is 32.4. The van der Waals surface area contributed by atoms with Gasteiger partial charge in [0.1, 0.15) is 0 Å². The topological polar surface area (TPSA) is 13.1 Å². The first-order valence-electron chi connectivity index (χ1n) is 20.6. The zero-order chi connectivity index (χ0) is 39.3. The first-order valence-corrected chi connectivity index (χ1v) is 22.3. The van der Waals surface area contributed by atoms with Crippen molar-refractivity contribution in [1.29, 1.82) is 0 Å². The number of rotatable bonds is 4. The van der Waals surface area contributed by atoms with E-state index in [1.807, 2.05) is 0 Å². The number of para-hydroxylation sites is 1. The third-order valence-electron chi connectivity index (χ3n) is 12.7. The minimum absolute atomic E-state index is 0.128. The molecular weight excluding hydrogens is 792 g/mol. The molecule has 0 aliphatic carbocycles. The molecule has 0 radical (unpaired) electrons. The number of hydrogen-bond acceptors (Lipinski definition) is 1. The van der Waals surface area contributed by atoms with Crippen molar-refractivity contribution in [1.82, 2.24) is 0 Å². The van der Waals surface area contributed by atoms with Gasteiger partial charge in [0.25, 0.3) is 0 Å². The van der Waals surface area contributed by atoms with Crippen molar-refractivity contribution in [2.75, 3.05) is 0 Å². The monoisotopic (exact) mass is 826 g/mol. The Morgan fingerprint density at radius 2 is 0.733 bits per heavy atom. The predicted octanol–water partition coefficient (Wildman–Crippen LogP) is 16.2. The molecule has 0 amide bonds. The van der Waals surface area contributed by atoms with E-state index in [1.165, 1.54) is 112 Å². The van der Waals surface area contributed by atoms with Crippen LogP contribution in [0.2, 0.25) is 0 Å². The third kappa shape index (κ3) is 4.87. The summed E-state index contributed by atoms with van der Waals surface area (Å²) in [4.78, 5) is 0. The molecular formula is C58H34OSe. The number of hydrogen-bond donors (Lipinski definition) is 0. The Morgan fingerprint density at radius 3 is 1.35 bits per heavy atom. The average Bonchev–Trinajstić information content (AvgIpc) is 3.89. The molecule has 2 aromatic heterocycles. The minimum atomic E-state index is 0.128. The molecule has 0 saturated heterocycles. The van der Waals surface area contributed by atoms with Crippen LogP contribution < -0.4 is 0 Å². The second-order valence-electron chi connectivity index (χ2n) is 15.8. The third-order valence-corrected chi connectivity index (χ3v) is 15.2. The summed E-state index contributed by atoms with van der Waals surface area (Å²) in [5.41, 5.74) is 12.0. The summed E-state index contributed by atoms with van der Waals surface area (Å²) in [6.07, 6.45) is 0. The first kappa shape index (κ1) is 33.7. The second kappa shape index (κ2) is 13.1. The van der Waals surface area contributed by atoms with Crippen molar-refractivity contribution < 1.29 is 4.42 Å². The van der Waals surface area contributed by atoms with Crippen LogP contribution in [0.3, 0.4) is 0 Å². The fourth-order valence-corrected chi connectivity index (χ4v) is 12.7. The van der Waals surface area contributed by atoms with Crippen molar-refractivity contribution in [3.63, 3.8) is 0 Å². The van der Waals surface area contributed by atoms with E-state index in [-0.39, 0.29) is 14.5 Å². The molecule has 0 fully saturated rings. The van der Waals surface area contributed by atoms with Crippen LogP contribution >= 0.6 is 0 Å². The number of benzene rings is 11. The molecule has 0 bridgehead atoms. The van der Waals surface area contributed by atoms with Crippen LogP contribution in [0.25, 0.3) is 129 Å². The van der Waals surface area contributed by atoms with Crippen LogP contribution in [0, 0.1) is 0 Å². The second-order valence-corrected chi connectivity index (χ2v) is 18.0. The predicted molar refractivity (Wildman–Crippen MR) is 257 cm³/mol. The van der Waals surface area contributed by atoms with E-state index in [2.05, 4.69) is 206 Å². The van der Waals surface area contributed by atoms with Crippen molar-refractivity contribution in [3.05, 3.63) is 206 Å². The van der Waals surface area contributed by atoms with Crippen LogP contribution in [0.15, 0.2) is 211 Å². The summed E-state index contributed by atoms with van der Waals surface area (Å²) in [5, 5.41) is 15.2. The summed E-state index contributed by atoms with van der Waals surface area (Å²) in [6.45, 7) is 0. The van der Waals surface area contributed by atoms with Gasteiger partial charge in [0.15, 0.2) is 0 Å². The Balaban J connectivity index is 1.06. The quantitative estimate of drug-likeness (QED) is 0.127. The molecule has 0 atom stereocenters.